The number of nitro groups is 1. The van der Waals surface area contributed by atoms with E-state index in [4.69, 9.17) is 16.3 Å². The first-order valence-corrected chi connectivity index (χ1v) is 6.67. The summed E-state index contributed by atoms with van der Waals surface area (Å²) < 4.78 is 5.70. The lowest BCUT2D eigenvalue weighted by atomic mass is 9.82. The third kappa shape index (κ3) is 3.65. The second kappa shape index (κ2) is 6.32. The van der Waals surface area contributed by atoms with E-state index in [2.05, 4.69) is 5.32 Å². The molecule has 1 fully saturated rings. The van der Waals surface area contributed by atoms with Crippen LogP contribution in [0.4, 0.5) is 5.69 Å². The Hall–Kier alpha value is -1.17. The fourth-order valence-electron chi connectivity index (χ4n) is 2.30. The number of nitro benzene ring substituents is 1. The molecule has 1 saturated carbocycles. The Morgan fingerprint density at radius 3 is 2.89 bits per heavy atom. The van der Waals surface area contributed by atoms with Gasteiger partial charge in [0, 0.05) is 11.1 Å². The summed E-state index contributed by atoms with van der Waals surface area (Å²) in [4.78, 5) is 10.5. The molecule has 1 aliphatic carbocycles. The molecule has 0 aliphatic heterocycles. The number of nitrogens with one attached hydrogen (secondary N) is 1. The molecule has 0 amide bonds. The van der Waals surface area contributed by atoms with Crippen LogP contribution in [0.1, 0.15) is 18.4 Å². The Morgan fingerprint density at radius 1 is 1.53 bits per heavy atom. The smallest absolute Gasteiger partial charge is 0.276 e. The van der Waals surface area contributed by atoms with Gasteiger partial charge in [-0.2, -0.15) is 0 Å². The standard InChI is InChI=1S/C13H17ClN2O3/c1-15-7-9-4-12(5-9)19-8-10-2-3-11(14)6-13(10)16(17)18/h2-3,6,9,12,15H,4-5,7-8H2,1H3. The normalized spacial score (nSPS) is 22.0. The first-order valence-electron chi connectivity index (χ1n) is 6.29. The molecule has 0 aromatic heterocycles. The van der Waals surface area contributed by atoms with E-state index < -0.39 is 4.92 Å². The van der Waals surface area contributed by atoms with E-state index in [1.165, 1.54) is 6.07 Å². The van der Waals surface area contributed by atoms with Crippen molar-refractivity contribution in [2.24, 2.45) is 5.92 Å². The Bertz CT molecular complexity index is 461. The van der Waals surface area contributed by atoms with Crippen molar-refractivity contribution in [2.75, 3.05) is 13.6 Å². The maximum absolute atomic E-state index is 10.9. The molecule has 0 saturated heterocycles. The van der Waals surface area contributed by atoms with Gasteiger partial charge in [0.1, 0.15) is 0 Å². The highest BCUT2D eigenvalue weighted by molar-refractivity contribution is 6.30. The minimum atomic E-state index is -0.421. The number of benzene rings is 1. The van der Waals surface area contributed by atoms with Gasteiger partial charge in [-0.3, -0.25) is 10.1 Å². The predicted octanol–water partition coefficient (Wildman–Crippen LogP) is 2.76. The minimum absolute atomic E-state index is 0.0265. The van der Waals surface area contributed by atoms with Crippen molar-refractivity contribution >= 4 is 17.3 Å². The van der Waals surface area contributed by atoms with Crippen LogP contribution in [-0.4, -0.2) is 24.6 Å². The van der Waals surface area contributed by atoms with Gasteiger partial charge < -0.3 is 10.1 Å². The highest BCUT2D eigenvalue weighted by atomic mass is 35.5. The number of hydrogen-bond donors (Lipinski definition) is 1. The van der Waals surface area contributed by atoms with Crippen LogP contribution >= 0.6 is 11.6 Å². The van der Waals surface area contributed by atoms with Gasteiger partial charge in [0.05, 0.1) is 23.2 Å². The third-order valence-electron chi connectivity index (χ3n) is 3.40. The van der Waals surface area contributed by atoms with Crippen LogP contribution in [0.3, 0.4) is 0 Å². The number of rotatable bonds is 6. The van der Waals surface area contributed by atoms with Crippen LogP contribution in [-0.2, 0) is 11.3 Å². The second-order valence-corrected chi connectivity index (χ2v) is 5.29. The van der Waals surface area contributed by atoms with Gasteiger partial charge in [0.2, 0.25) is 0 Å². The van der Waals surface area contributed by atoms with E-state index in [0.29, 0.717) is 16.5 Å². The zero-order valence-corrected chi connectivity index (χ0v) is 11.5. The minimum Gasteiger partial charge on any atom is -0.373 e. The quantitative estimate of drug-likeness (QED) is 0.644. The lowest BCUT2D eigenvalue weighted by Gasteiger charge is -2.35. The molecule has 0 heterocycles. The largest absolute Gasteiger partial charge is 0.373 e. The molecule has 0 spiro atoms. The molecule has 0 atom stereocenters. The third-order valence-corrected chi connectivity index (χ3v) is 3.64. The summed E-state index contributed by atoms with van der Waals surface area (Å²) in [7, 11) is 1.94. The zero-order valence-electron chi connectivity index (χ0n) is 10.8. The molecule has 19 heavy (non-hydrogen) atoms. The van der Waals surface area contributed by atoms with Crippen LogP contribution in [0.5, 0.6) is 0 Å². The van der Waals surface area contributed by atoms with Gasteiger partial charge in [-0.15, -0.1) is 0 Å². The van der Waals surface area contributed by atoms with Gasteiger partial charge >= 0.3 is 0 Å². The summed E-state index contributed by atoms with van der Waals surface area (Å²) in [5.41, 5.74) is 0.602. The maximum atomic E-state index is 10.9. The molecule has 1 aliphatic rings. The van der Waals surface area contributed by atoms with Crippen molar-refractivity contribution < 1.29 is 9.66 Å². The van der Waals surface area contributed by atoms with E-state index in [9.17, 15) is 10.1 Å². The van der Waals surface area contributed by atoms with Crippen molar-refractivity contribution in [3.05, 3.63) is 38.9 Å². The number of halogens is 1. The van der Waals surface area contributed by atoms with E-state index in [0.717, 1.165) is 19.4 Å². The molecular weight excluding hydrogens is 268 g/mol. The molecule has 0 unspecified atom stereocenters. The summed E-state index contributed by atoms with van der Waals surface area (Å²) in [5, 5.41) is 14.4. The first-order chi connectivity index (χ1) is 9.10. The first kappa shape index (κ1) is 14.2. The van der Waals surface area contributed by atoms with E-state index in [1.54, 1.807) is 12.1 Å². The summed E-state index contributed by atoms with van der Waals surface area (Å²) in [6.45, 7) is 1.27. The Balaban J connectivity index is 1.88. The summed E-state index contributed by atoms with van der Waals surface area (Å²) in [5.74, 6) is 0.662. The predicted molar refractivity (Wildman–Crippen MR) is 73.3 cm³/mol. The molecule has 1 N–H and O–H groups in total. The fourth-order valence-corrected chi connectivity index (χ4v) is 2.47. The molecule has 0 radical (unpaired) electrons. The highest BCUT2D eigenvalue weighted by Crippen LogP contribution is 2.31. The van der Waals surface area contributed by atoms with Crippen molar-refractivity contribution in [1.29, 1.82) is 0 Å². The lowest BCUT2D eigenvalue weighted by Crippen LogP contribution is -2.36. The molecule has 2 rings (SSSR count). The Labute approximate surface area is 117 Å². The molecule has 6 heteroatoms. The van der Waals surface area contributed by atoms with Crippen LogP contribution in [0, 0.1) is 16.0 Å². The highest BCUT2D eigenvalue weighted by Gasteiger charge is 2.29. The molecule has 5 nitrogen and oxygen atoms in total. The summed E-state index contributed by atoms with van der Waals surface area (Å²) in [6.07, 6.45) is 2.25. The topological polar surface area (TPSA) is 64.4 Å². The number of hydrogen-bond acceptors (Lipinski definition) is 4. The van der Waals surface area contributed by atoms with Crippen LogP contribution in [0.25, 0.3) is 0 Å². The van der Waals surface area contributed by atoms with Crippen molar-refractivity contribution in [3.63, 3.8) is 0 Å². The Morgan fingerprint density at radius 2 is 2.26 bits per heavy atom. The number of nitrogens with zero attached hydrogens (tertiary/aromatic N) is 1. The molecule has 1 aromatic rings. The van der Waals surface area contributed by atoms with Crippen LogP contribution < -0.4 is 5.32 Å². The SMILES string of the molecule is CNCC1CC(OCc2ccc(Cl)cc2[N+](=O)[O-])C1. The van der Waals surface area contributed by atoms with Gasteiger partial charge in [0.15, 0.2) is 0 Å². The second-order valence-electron chi connectivity index (χ2n) is 4.86. The number of ether oxygens (including phenoxy) is 1. The maximum Gasteiger partial charge on any atom is 0.276 e. The van der Waals surface area contributed by atoms with Gasteiger partial charge in [-0.1, -0.05) is 11.6 Å². The lowest BCUT2D eigenvalue weighted by molar-refractivity contribution is -0.386. The van der Waals surface area contributed by atoms with Gasteiger partial charge in [0.25, 0.3) is 5.69 Å². The fraction of sp³-hybridized carbons (Fsp3) is 0.538. The van der Waals surface area contributed by atoms with Crippen molar-refractivity contribution in [3.8, 4) is 0 Å². The summed E-state index contributed by atoms with van der Waals surface area (Å²) >= 11 is 5.76. The van der Waals surface area contributed by atoms with Crippen molar-refractivity contribution in [1.82, 2.24) is 5.32 Å². The van der Waals surface area contributed by atoms with Gasteiger partial charge in [-0.25, -0.2) is 0 Å². The monoisotopic (exact) mass is 284 g/mol. The van der Waals surface area contributed by atoms with E-state index in [1.807, 2.05) is 7.05 Å². The van der Waals surface area contributed by atoms with Gasteiger partial charge in [-0.05, 0) is 44.5 Å². The molecule has 104 valence electrons. The zero-order chi connectivity index (χ0) is 13.8. The Kier molecular flexibility index (Phi) is 4.74. The van der Waals surface area contributed by atoms with Crippen LogP contribution in [0.2, 0.25) is 5.02 Å². The van der Waals surface area contributed by atoms with Crippen molar-refractivity contribution in [2.45, 2.75) is 25.6 Å². The van der Waals surface area contributed by atoms with Crippen LogP contribution in [0.15, 0.2) is 18.2 Å². The van der Waals surface area contributed by atoms with E-state index in [-0.39, 0.29) is 18.4 Å². The average molecular weight is 285 g/mol. The summed E-state index contributed by atoms with van der Waals surface area (Å²) in [6, 6.07) is 4.67. The average Bonchev–Trinajstić information content (AvgIpc) is 2.33. The molecule has 0 bridgehead atoms. The van der Waals surface area contributed by atoms with E-state index >= 15 is 0 Å². The molecule has 1 aromatic carbocycles. The molecular formula is C13H17ClN2O3.